The fourth-order valence-corrected chi connectivity index (χ4v) is 2.24. The third-order valence-electron chi connectivity index (χ3n) is 2.23. The third-order valence-corrected chi connectivity index (χ3v) is 3.18. The van der Waals surface area contributed by atoms with Crippen LogP contribution in [0, 0.1) is 6.92 Å². The molecule has 1 rings (SSSR count). The van der Waals surface area contributed by atoms with Crippen molar-refractivity contribution in [1.29, 1.82) is 0 Å². The molecule has 0 aliphatic carbocycles. The average Bonchev–Trinajstić information content (AvgIpc) is 2.08. The fourth-order valence-electron chi connectivity index (χ4n) is 1.47. The molecular formula is C12H20BrN3. The summed E-state index contributed by atoms with van der Waals surface area (Å²) < 4.78 is 1.03. The molecule has 1 aromatic heterocycles. The van der Waals surface area contributed by atoms with Crippen molar-refractivity contribution in [3.63, 3.8) is 0 Å². The molecule has 0 spiro atoms. The second-order valence-electron chi connectivity index (χ2n) is 5.38. The molecule has 0 saturated heterocycles. The van der Waals surface area contributed by atoms with Crippen LogP contribution in [0.3, 0.4) is 0 Å². The molecule has 3 nitrogen and oxygen atoms in total. The zero-order valence-electron chi connectivity index (χ0n) is 10.9. The van der Waals surface area contributed by atoms with Crippen molar-refractivity contribution < 1.29 is 0 Å². The summed E-state index contributed by atoms with van der Waals surface area (Å²) in [5, 5.41) is 0. The Hall–Kier alpha value is -0.480. The molecular weight excluding hydrogens is 266 g/mol. The molecule has 0 aliphatic rings. The minimum Gasteiger partial charge on any atom is -0.302 e. The molecule has 0 amide bonds. The van der Waals surface area contributed by atoms with Crippen LogP contribution in [-0.2, 0) is 12.0 Å². The molecule has 0 fully saturated rings. The fraction of sp³-hybridized carbons (Fsp3) is 0.667. The van der Waals surface area contributed by atoms with Gasteiger partial charge in [0.2, 0.25) is 0 Å². The number of halogens is 1. The summed E-state index contributed by atoms with van der Waals surface area (Å²) in [6, 6.07) is 0. The maximum Gasteiger partial charge on any atom is 0.142 e. The van der Waals surface area contributed by atoms with Crippen LogP contribution in [0.2, 0.25) is 0 Å². The van der Waals surface area contributed by atoms with Gasteiger partial charge in [0.05, 0.1) is 22.4 Å². The Bertz CT molecular complexity index is 381. The summed E-state index contributed by atoms with van der Waals surface area (Å²) in [7, 11) is 4.05. The van der Waals surface area contributed by atoms with Gasteiger partial charge in [-0.3, -0.25) is 0 Å². The van der Waals surface area contributed by atoms with Gasteiger partial charge in [-0.15, -0.1) is 0 Å². The van der Waals surface area contributed by atoms with E-state index in [4.69, 9.17) is 0 Å². The van der Waals surface area contributed by atoms with Gasteiger partial charge >= 0.3 is 0 Å². The van der Waals surface area contributed by atoms with E-state index in [2.05, 4.69) is 51.6 Å². The molecule has 90 valence electrons. The highest BCUT2D eigenvalue weighted by Gasteiger charge is 2.21. The number of aryl methyl sites for hydroxylation is 1. The first kappa shape index (κ1) is 13.6. The molecule has 1 aromatic rings. The number of hydrogen-bond donors (Lipinski definition) is 0. The molecule has 0 unspecified atom stereocenters. The van der Waals surface area contributed by atoms with E-state index < -0.39 is 0 Å². The van der Waals surface area contributed by atoms with Gasteiger partial charge in [-0.25, -0.2) is 9.97 Å². The topological polar surface area (TPSA) is 29.0 Å². The molecule has 4 heteroatoms. The van der Waals surface area contributed by atoms with E-state index in [0.717, 1.165) is 28.2 Å². The summed E-state index contributed by atoms with van der Waals surface area (Å²) >= 11 is 3.58. The highest BCUT2D eigenvalue weighted by molar-refractivity contribution is 9.10. The van der Waals surface area contributed by atoms with E-state index in [0.29, 0.717) is 0 Å². The standard InChI is InChI=1S/C12H20BrN3/c1-8-10(13)11(12(2,3)4)15-9(14-8)7-16(5)6/h7H2,1-6H3. The quantitative estimate of drug-likeness (QED) is 0.837. The molecule has 1 heterocycles. The predicted molar refractivity (Wildman–Crippen MR) is 70.6 cm³/mol. The van der Waals surface area contributed by atoms with Crippen molar-refractivity contribution in [3.05, 3.63) is 21.7 Å². The predicted octanol–water partition coefficient (Wildman–Crippen LogP) is 2.91. The Morgan fingerprint density at radius 2 is 1.75 bits per heavy atom. The Balaban J connectivity index is 3.23. The highest BCUT2D eigenvalue weighted by Crippen LogP contribution is 2.29. The summed E-state index contributed by atoms with van der Waals surface area (Å²) in [5.41, 5.74) is 2.13. The van der Waals surface area contributed by atoms with Crippen LogP contribution in [0.5, 0.6) is 0 Å². The molecule has 0 saturated carbocycles. The monoisotopic (exact) mass is 285 g/mol. The minimum atomic E-state index is 0.0353. The van der Waals surface area contributed by atoms with E-state index >= 15 is 0 Å². The summed E-state index contributed by atoms with van der Waals surface area (Å²) in [6.45, 7) is 9.29. The van der Waals surface area contributed by atoms with Gasteiger partial charge < -0.3 is 4.90 Å². The first-order valence-electron chi connectivity index (χ1n) is 5.40. The molecule has 0 bridgehead atoms. The van der Waals surface area contributed by atoms with Crippen LogP contribution in [0.25, 0.3) is 0 Å². The Labute approximate surface area is 106 Å². The van der Waals surface area contributed by atoms with Crippen LogP contribution in [-0.4, -0.2) is 29.0 Å². The van der Waals surface area contributed by atoms with Gasteiger partial charge in [0.1, 0.15) is 5.82 Å². The lowest BCUT2D eigenvalue weighted by atomic mass is 9.91. The lowest BCUT2D eigenvalue weighted by molar-refractivity contribution is 0.387. The van der Waals surface area contributed by atoms with Gasteiger partial charge in [-0.05, 0) is 36.9 Å². The first-order chi connectivity index (χ1) is 7.21. The molecule has 16 heavy (non-hydrogen) atoms. The van der Waals surface area contributed by atoms with Crippen LogP contribution >= 0.6 is 15.9 Å². The maximum atomic E-state index is 4.64. The second kappa shape index (κ2) is 4.80. The highest BCUT2D eigenvalue weighted by atomic mass is 79.9. The van der Waals surface area contributed by atoms with Crippen LogP contribution in [0.4, 0.5) is 0 Å². The molecule has 0 atom stereocenters. The average molecular weight is 286 g/mol. The summed E-state index contributed by atoms with van der Waals surface area (Å²) in [6.07, 6.45) is 0. The lowest BCUT2D eigenvalue weighted by Gasteiger charge is -2.21. The molecule has 0 aliphatic heterocycles. The van der Waals surface area contributed by atoms with Gasteiger partial charge in [0, 0.05) is 5.41 Å². The number of aromatic nitrogens is 2. The second-order valence-corrected chi connectivity index (χ2v) is 6.17. The molecule has 0 radical (unpaired) electrons. The Morgan fingerprint density at radius 1 is 1.19 bits per heavy atom. The van der Waals surface area contributed by atoms with Gasteiger partial charge in [0.25, 0.3) is 0 Å². The van der Waals surface area contributed by atoms with E-state index in [-0.39, 0.29) is 5.41 Å². The first-order valence-corrected chi connectivity index (χ1v) is 6.19. The van der Waals surface area contributed by atoms with Crippen molar-refractivity contribution in [2.24, 2.45) is 0 Å². The maximum absolute atomic E-state index is 4.64. The smallest absolute Gasteiger partial charge is 0.142 e. The van der Waals surface area contributed by atoms with Gasteiger partial charge in [0.15, 0.2) is 0 Å². The minimum absolute atomic E-state index is 0.0353. The summed E-state index contributed by atoms with van der Waals surface area (Å²) in [4.78, 5) is 11.2. The van der Waals surface area contributed by atoms with E-state index in [1.807, 2.05) is 21.0 Å². The van der Waals surface area contributed by atoms with E-state index in [9.17, 15) is 0 Å². The SMILES string of the molecule is Cc1nc(CN(C)C)nc(C(C)(C)C)c1Br. The van der Waals surface area contributed by atoms with Crippen molar-refractivity contribution in [3.8, 4) is 0 Å². The van der Waals surface area contributed by atoms with Crippen molar-refractivity contribution in [2.75, 3.05) is 14.1 Å². The van der Waals surface area contributed by atoms with Crippen LogP contribution in [0.1, 0.15) is 38.0 Å². The zero-order valence-corrected chi connectivity index (χ0v) is 12.5. The normalized spacial score (nSPS) is 12.2. The van der Waals surface area contributed by atoms with Crippen molar-refractivity contribution in [2.45, 2.75) is 39.7 Å². The molecule has 0 N–H and O–H groups in total. The van der Waals surface area contributed by atoms with E-state index in [1.165, 1.54) is 0 Å². The van der Waals surface area contributed by atoms with Crippen molar-refractivity contribution >= 4 is 15.9 Å². The lowest BCUT2D eigenvalue weighted by Crippen LogP contribution is -2.20. The van der Waals surface area contributed by atoms with E-state index in [1.54, 1.807) is 0 Å². The van der Waals surface area contributed by atoms with Crippen LogP contribution in [0.15, 0.2) is 4.47 Å². The zero-order chi connectivity index (χ0) is 12.5. The van der Waals surface area contributed by atoms with Crippen molar-refractivity contribution in [1.82, 2.24) is 14.9 Å². The number of rotatable bonds is 2. The largest absolute Gasteiger partial charge is 0.302 e. The third kappa shape index (κ3) is 3.25. The summed E-state index contributed by atoms with van der Waals surface area (Å²) in [5.74, 6) is 0.885. The Kier molecular flexibility index (Phi) is 4.07. The van der Waals surface area contributed by atoms with Gasteiger partial charge in [-0.1, -0.05) is 20.8 Å². The van der Waals surface area contributed by atoms with Crippen LogP contribution < -0.4 is 0 Å². The molecule has 0 aromatic carbocycles. The van der Waals surface area contributed by atoms with Gasteiger partial charge in [-0.2, -0.15) is 0 Å². The number of hydrogen-bond acceptors (Lipinski definition) is 3. The Morgan fingerprint density at radius 3 is 2.19 bits per heavy atom. The number of nitrogens with zero attached hydrogens (tertiary/aromatic N) is 3.